The van der Waals surface area contributed by atoms with E-state index in [-0.39, 0.29) is 5.84 Å². The van der Waals surface area contributed by atoms with Gasteiger partial charge in [-0.2, -0.15) is 0 Å². The second-order valence-electron chi connectivity index (χ2n) is 1.85. The van der Waals surface area contributed by atoms with Crippen molar-refractivity contribution in [1.29, 1.82) is 0 Å². The SMILES string of the molecule is CCOC(=O)C1=NCC(I)=N1. The molecule has 4 nitrogen and oxygen atoms in total. The Kier molecular flexibility index (Phi) is 2.98. The molecule has 1 aliphatic rings. The minimum absolute atomic E-state index is 0.191. The summed E-state index contributed by atoms with van der Waals surface area (Å²) in [5.74, 6) is -0.240. The number of aliphatic imine (C=N–C) groups is 2. The first kappa shape index (κ1) is 8.63. The van der Waals surface area contributed by atoms with E-state index in [0.29, 0.717) is 13.2 Å². The zero-order valence-electron chi connectivity index (χ0n) is 6.00. The predicted octanol–water partition coefficient (Wildman–Crippen LogP) is 0.795. The highest BCUT2D eigenvalue weighted by molar-refractivity contribution is 14.1. The Bertz CT molecular complexity index is 235. The lowest BCUT2D eigenvalue weighted by atomic mass is 10.6. The van der Waals surface area contributed by atoms with E-state index in [1.54, 1.807) is 6.92 Å². The number of halogens is 1. The maximum Gasteiger partial charge on any atom is 0.376 e. The van der Waals surface area contributed by atoms with Gasteiger partial charge in [-0.15, -0.1) is 0 Å². The van der Waals surface area contributed by atoms with Crippen LogP contribution in [-0.4, -0.2) is 28.7 Å². The normalized spacial score (nSPS) is 15.8. The second kappa shape index (κ2) is 3.80. The molecule has 0 bridgehead atoms. The van der Waals surface area contributed by atoms with Crippen molar-refractivity contribution in [3.05, 3.63) is 0 Å². The summed E-state index contributed by atoms with van der Waals surface area (Å²) in [6, 6.07) is 0. The molecule has 5 heteroatoms. The lowest BCUT2D eigenvalue weighted by molar-refractivity contribution is -0.135. The van der Waals surface area contributed by atoms with Crippen LogP contribution >= 0.6 is 22.6 Å². The molecule has 0 saturated carbocycles. The standard InChI is InChI=1S/C6H7IN2O2/c1-2-11-6(10)5-8-3-4(7)9-5/h2-3H2,1H3. The van der Waals surface area contributed by atoms with E-state index in [9.17, 15) is 4.79 Å². The van der Waals surface area contributed by atoms with Crippen LogP contribution in [0.1, 0.15) is 6.92 Å². The van der Waals surface area contributed by atoms with Crippen LogP contribution in [0.4, 0.5) is 0 Å². The van der Waals surface area contributed by atoms with Crippen LogP contribution in [0.25, 0.3) is 0 Å². The van der Waals surface area contributed by atoms with Crippen LogP contribution in [0.15, 0.2) is 9.98 Å². The highest BCUT2D eigenvalue weighted by Crippen LogP contribution is 2.03. The molecule has 0 atom stereocenters. The molecule has 0 aliphatic carbocycles. The number of hydrogen-bond acceptors (Lipinski definition) is 4. The number of carbonyl (C=O) groups excluding carboxylic acids is 1. The average molecular weight is 266 g/mol. The molecule has 1 rings (SSSR count). The molecule has 0 aromatic rings. The maximum atomic E-state index is 10.9. The summed E-state index contributed by atoms with van der Waals surface area (Å²) in [6.45, 7) is 2.63. The molecule has 60 valence electrons. The van der Waals surface area contributed by atoms with Crippen LogP contribution in [0.5, 0.6) is 0 Å². The average Bonchev–Trinajstić information content (AvgIpc) is 2.36. The monoisotopic (exact) mass is 266 g/mol. The number of carbonyl (C=O) groups is 1. The minimum atomic E-state index is -0.431. The van der Waals surface area contributed by atoms with Crippen molar-refractivity contribution < 1.29 is 9.53 Å². The first-order valence-electron chi connectivity index (χ1n) is 3.18. The van der Waals surface area contributed by atoms with Gasteiger partial charge in [0.25, 0.3) is 0 Å². The number of hydrogen-bond donors (Lipinski definition) is 0. The fraction of sp³-hybridized carbons (Fsp3) is 0.500. The summed E-state index contributed by atoms with van der Waals surface area (Å²) >= 11 is 2.04. The molecule has 0 saturated heterocycles. The Labute approximate surface area is 77.9 Å². The summed E-state index contributed by atoms with van der Waals surface area (Å²) in [6.07, 6.45) is 0. The Morgan fingerprint density at radius 2 is 2.55 bits per heavy atom. The maximum absolute atomic E-state index is 10.9. The second-order valence-corrected chi connectivity index (χ2v) is 3.09. The van der Waals surface area contributed by atoms with Gasteiger partial charge >= 0.3 is 5.97 Å². The van der Waals surface area contributed by atoms with Gasteiger partial charge in [0.2, 0.25) is 5.84 Å². The molecule has 0 N–H and O–H groups in total. The smallest absolute Gasteiger partial charge is 0.376 e. The van der Waals surface area contributed by atoms with Crippen LogP contribution in [0.2, 0.25) is 0 Å². The summed E-state index contributed by atoms with van der Waals surface area (Å²) in [5.41, 5.74) is 0. The van der Waals surface area contributed by atoms with Crippen molar-refractivity contribution >= 4 is 38.1 Å². The van der Waals surface area contributed by atoms with Crippen LogP contribution in [-0.2, 0) is 9.53 Å². The zero-order chi connectivity index (χ0) is 8.27. The third-order valence-corrected chi connectivity index (χ3v) is 1.63. The molecule has 0 spiro atoms. The Morgan fingerprint density at radius 1 is 1.82 bits per heavy atom. The zero-order valence-corrected chi connectivity index (χ0v) is 8.16. The lowest BCUT2D eigenvalue weighted by Gasteiger charge is -1.95. The van der Waals surface area contributed by atoms with Crippen molar-refractivity contribution in [2.75, 3.05) is 13.2 Å². The van der Waals surface area contributed by atoms with E-state index in [2.05, 4.69) is 9.98 Å². The van der Waals surface area contributed by atoms with Crippen molar-refractivity contribution in [3.8, 4) is 0 Å². The Morgan fingerprint density at radius 3 is 3.00 bits per heavy atom. The molecule has 0 fully saturated rings. The van der Waals surface area contributed by atoms with Crippen molar-refractivity contribution in [2.45, 2.75) is 6.92 Å². The van der Waals surface area contributed by atoms with Gasteiger partial charge in [0, 0.05) is 0 Å². The Balaban J connectivity index is 2.56. The number of rotatable bonds is 2. The molecule has 0 radical (unpaired) electrons. The highest BCUT2D eigenvalue weighted by atomic mass is 127. The number of nitrogens with zero attached hydrogens (tertiary/aromatic N) is 2. The van der Waals surface area contributed by atoms with E-state index >= 15 is 0 Å². The summed E-state index contributed by atoms with van der Waals surface area (Å²) in [7, 11) is 0. The summed E-state index contributed by atoms with van der Waals surface area (Å²) < 4.78 is 5.52. The number of esters is 1. The molecule has 0 amide bonds. The molecular weight excluding hydrogens is 259 g/mol. The highest BCUT2D eigenvalue weighted by Gasteiger charge is 2.16. The van der Waals surface area contributed by atoms with E-state index in [1.165, 1.54) is 0 Å². The quantitative estimate of drug-likeness (QED) is 0.548. The fourth-order valence-electron chi connectivity index (χ4n) is 0.632. The van der Waals surface area contributed by atoms with Gasteiger partial charge in [0.15, 0.2) is 0 Å². The molecular formula is C6H7IN2O2. The number of amidine groups is 1. The largest absolute Gasteiger partial charge is 0.460 e. The topological polar surface area (TPSA) is 51.0 Å². The van der Waals surface area contributed by atoms with Gasteiger partial charge in [0.1, 0.15) is 3.72 Å². The van der Waals surface area contributed by atoms with Gasteiger partial charge in [0.05, 0.1) is 13.2 Å². The van der Waals surface area contributed by atoms with Gasteiger partial charge in [-0.1, -0.05) is 0 Å². The fourth-order valence-corrected chi connectivity index (χ4v) is 1.03. The number of ether oxygens (including phenoxy) is 1. The van der Waals surface area contributed by atoms with Crippen LogP contribution < -0.4 is 0 Å². The lowest BCUT2D eigenvalue weighted by Crippen LogP contribution is -2.13. The van der Waals surface area contributed by atoms with Gasteiger partial charge in [-0.05, 0) is 29.5 Å². The predicted molar refractivity (Wildman–Crippen MR) is 50.4 cm³/mol. The molecule has 0 aromatic heterocycles. The summed E-state index contributed by atoms with van der Waals surface area (Å²) in [5, 5.41) is 0. The molecule has 1 aliphatic heterocycles. The van der Waals surface area contributed by atoms with E-state index < -0.39 is 5.97 Å². The first-order valence-corrected chi connectivity index (χ1v) is 4.26. The molecule has 1 heterocycles. The van der Waals surface area contributed by atoms with E-state index in [4.69, 9.17) is 4.74 Å². The van der Waals surface area contributed by atoms with E-state index in [1.807, 2.05) is 22.6 Å². The summed E-state index contributed by atoms with van der Waals surface area (Å²) in [4.78, 5) is 18.7. The van der Waals surface area contributed by atoms with Gasteiger partial charge < -0.3 is 4.74 Å². The third kappa shape index (κ3) is 2.25. The van der Waals surface area contributed by atoms with Crippen molar-refractivity contribution in [3.63, 3.8) is 0 Å². The van der Waals surface area contributed by atoms with Crippen molar-refractivity contribution in [2.24, 2.45) is 9.98 Å². The molecule has 0 unspecified atom stereocenters. The first-order chi connectivity index (χ1) is 5.24. The third-order valence-electron chi connectivity index (χ3n) is 1.04. The minimum Gasteiger partial charge on any atom is -0.460 e. The molecule has 0 aromatic carbocycles. The Hall–Kier alpha value is -0.460. The van der Waals surface area contributed by atoms with Crippen LogP contribution in [0, 0.1) is 0 Å². The van der Waals surface area contributed by atoms with Crippen molar-refractivity contribution in [1.82, 2.24) is 0 Å². The van der Waals surface area contributed by atoms with E-state index in [0.717, 1.165) is 3.72 Å². The molecule has 11 heavy (non-hydrogen) atoms. The van der Waals surface area contributed by atoms with Gasteiger partial charge in [-0.3, -0.25) is 4.99 Å². The van der Waals surface area contributed by atoms with Crippen LogP contribution in [0.3, 0.4) is 0 Å². The van der Waals surface area contributed by atoms with Gasteiger partial charge in [-0.25, -0.2) is 9.79 Å².